The molecule has 0 aliphatic carbocycles. The standard InChI is InChI=1S/C22H26O4/c1-2-3-4-5-6-7-8-9-10-11-12-13-18-21(23)26-20-17-15-14-16-19(20)22(24)25/h2,4-5,7-8,10-11,14-17H,1,3,6,9,12-13,18H2,(H,24,25). The molecular formula is C22H26O4. The summed E-state index contributed by atoms with van der Waals surface area (Å²) in [6, 6.07) is 6.13. The first kappa shape index (κ1) is 21.2. The number of rotatable bonds is 12. The lowest BCUT2D eigenvalue weighted by molar-refractivity contribution is -0.134. The average molecular weight is 354 g/mol. The largest absolute Gasteiger partial charge is 0.478 e. The number of carboxylic acid groups (broad SMARTS) is 1. The maximum Gasteiger partial charge on any atom is 0.339 e. The van der Waals surface area contributed by atoms with Gasteiger partial charge in [0.05, 0.1) is 0 Å². The number of hydrogen-bond donors (Lipinski definition) is 1. The maximum absolute atomic E-state index is 11.8. The molecule has 1 aromatic carbocycles. The molecule has 1 N–H and O–H groups in total. The van der Waals surface area contributed by atoms with Crippen LogP contribution in [-0.4, -0.2) is 17.0 Å². The second-order valence-electron chi connectivity index (χ2n) is 5.58. The Hall–Kier alpha value is -2.88. The van der Waals surface area contributed by atoms with Crippen LogP contribution >= 0.6 is 0 Å². The Morgan fingerprint density at radius 1 is 0.962 bits per heavy atom. The molecule has 0 bridgehead atoms. The normalized spacial score (nSPS) is 11.4. The molecule has 0 atom stereocenters. The third-order valence-electron chi connectivity index (χ3n) is 3.44. The summed E-state index contributed by atoms with van der Waals surface area (Å²) in [4.78, 5) is 22.9. The third kappa shape index (κ3) is 9.42. The van der Waals surface area contributed by atoms with Crippen molar-refractivity contribution in [3.63, 3.8) is 0 Å². The summed E-state index contributed by atoms with van der Waals surface area (Å²) in [6.45, 7) is 3.65. The number of allylic oxidation sites excluding steroid dienone is 7. The van der Waals surface area contributed by atoms with E-state index in [2.05, 4.69) is 37.0 Å². The number of ether oxygens (including phenoxy) is 1. The third-order valence-corrected chi connectivity index (χ3v) is 3.44. The van der Waals surface area contributed by atoms with Crippen molar-refractivity contribution >= 4 is 11.9 Å². The Bertz CT molecular complexity index is 668. The van der Waals surface area contributed by atoms with Gasteiger partial charge < -0.3 is 9.84 Å². The predicted molar refractivity (Wildman–Crippen MR) is 104 cm³/mol. The van der Waals surface area contributed by atoms with E-state index < -0.39 is 11.9 Å². The van der Waals surface area contributed by atoms with Crippen LogP contribution in [0.25, 0.3) is 0 Å². The SMILES string of the molecule is C=CCC=CCC=CCC=CCCCC(=O)Oc1ccccc1C(=O)O. The van der Waals surface area contributed by atoms with Crippen molar-refractivity contribution < 1.29 is 19.4 Å². The Balaban J connectivity index is 2.19. The first-order valence-electron chi connectivity index (χ1n) is 8.74. The van der Waals surface area contributed by atoms with Crippen molar-refractivity contribution in [3.05, 3.63) is 78.9 Å². The molecule has 138 valence electrons. The van der Waals surface area contributed by atoms with Crippen LogP contribution in [0, 0.1) is 0 Å². The van der Waals surface area contributed by atoms with E-state index in [1.807, 2.05) is 12.2 Å². The molecule has 4 heteroatoms. The van der Waals surface area contributed by atoms with Gasteiger partial charge in [-0.3, -0.25) is 4.79 Å². The van der Waals surface area contributed by atoms with Gasteiger partial charge in [-0.25, -0.2) is 4.79 Å². The van der Waals surface area contributed by atoms with Gasteiger partial charge in [0.2, 0.25) is 0 Å². The molecule has 1 aromatic rings. The van der Waals surface area contributed by atoms with E-state index in [1.165, 1.54) is 12.1 Å². The zero-order valence-corrected chi connectivity index (χ0v) is 15.0. The number of unbranched alkanes of at least 4 members (excludes halogenated alkanes) is 1. The van der Waals surface area contributed by atoms with Crippen molar-refractivity contribution in [1.29, 1.82) is 0 Å². The number of aromatic carboxylic acids is 1. The van der Waals surface area contributed by atoms with Crippen LogP contribution in [0.2, 0.25) is 0 Å². The molecule has 0 radical (unpaired) electrons. The van der Waals surface area contributed by atoms with E-state index in [9.17, 15) is 9.59 Å². The van der Waals surface area contributed by atoms with Crippen LogP contribution in [0.15, 0.2) is 73.4 Å². The van der Waals surface area contributed by atoms with E-state index in [0.717, 1.165) is 25.7 Å². The van der Waals surface area contributed by atoms with Gasteiger partial charge in [-0.2, -0.15) is 0 Å². The minimum Gasteiger partial charge on any atom is -0.478 e. The molecule has 0 spiro atoms. The van der Waals surface area contributed by atoms with Gasteiger partial charge in [0.1, 0.15) is 11.3 Å². The Morgan fingerprint density at radius 3 is 2.23 bits per heavy atom. The van der Waals surface area contributed by atoms with Crippen molar-refractivity contribution in [2.24, 2.45) is 0 Å². The minimum atomic E-state index is -1.11. The molecule has 1 rings (SSSR count). The van der Waals surface area contributed by atoms with Gasteiger partial charge in [-0.1, -0.05) is 54.7 Å². The average Bonchev–Trinajstić information content (AvgIpc) is 2.63. The van der Waals surface area contributed by atoms with Crippen LogP contribution in [0.3, 0.4) is 0 Å². The Kier molecular flexibility index (Phi) is 10.9. The van der Waals surface area contributed by atoms with Crippen molar-refractivity contribution in [2.45, 2.75) is 38.5 Å². The lowest BCUT2D eigenvalue weighted by Crippen LogP contribution is -2.10. The molecule has 0 aliphatic heterocycles. The maximum atomic E-state index is 11.8. The first-order chi connectivity index (χ1) is 12.6. The highest BCUT2D eigenvalue weighted by molar-refractivity contribution is 5.91. The van der Waals surface area contributed by atoms with Gasteiger partial charge in [0, 0.05) is 6.42 Å². The summed E-state index contributed by atoms with van der Waals surface area (Å²) in [5, 5.41) is 9.05. The van der Waals surface area contributed by atoms with Gasteiger partial charge in [0.15, 0.2) is 0 Å². The highest BCUT2D eigenvalue weighted by atomic mass is 16.5. The van der Waals surface area contributed by atoms with Crippen molar-refractivity contribution in [1.82, 2.24) is 0 Å². The molecule has 26 heavy (non-hydrogen) atoms. The van der Waals surface area contributed by atoms with E-state index >= 15 is 0 Å². The number of esters is 1. The topological polar surface area (TPSA) is 63.6 Å². The summed E-state index contributed by atoms with van der Waals surface area (Å²) in [7, 11) is 0. The molecule has 0 aromatic heterocycles. The number of carbonyl (C=O) groups is 2. The Labute approximate surface area is 155 Å². The summed E-state index contributed by atoms with van der Waals surface area (Å²) >= 11 is 0. The summed E-state index contributed by atoms with van der Waals surface area (Å²) in [6.07, 6.45) is 18.8. The molecule has 0 unspecified atom stereocenters. The summed E-state index contributed by atoms with van der Waals surface area (Å²) in [5.41, 5.74) is -0.00753. The predicted octanol–water partition coefficient (Wildman–Crippen LogP) is 5.49. The van der Waals surface area contributed by atoms with Crippen LogP contribution < -0.4 is 4.74 Å². The molecule has 0 aliphatic rings. The van der Waals surface area contributed by atoms with E-state index in [-0.39, 0.29) is 17.7 Å². The fraction of sp³-hybridized carbons (Fsp3) is 0.273. The van der Waals surface area contributed by atoms with Crippen LogP contribution in [0.5, 0.6) is 5.75 Å². The summed E-state index contributed by atoms with van der Waals surface area (Å²) in [5.74, 6) is -1.44. The number of hydrogen-bond acceptors (Lipinski definition) is 3. The Morgan fingerprint density at radius 2 is 1.58 bits per heavy atom. The number of carbonyl (C=O) groups excluding carboxylic acids is 1. The highest BCUT2D eigenvalue weighted by Gasteiger charge is 2.13. The minimum absolute atomic E-state index is 0.00753. The van der Waals surface area contributed by atoms with Gasteiger partial charge in [-0.15, -0.1) is 6.58 Å². The molecule has 4 nitrogen and oxygen atoms in total. The van der Waals surface area contributed by atoms with Gasteiger partial charge >= 0.3 is 11.9 Å². The van der Waals surface area contributed by atoms with Crippen LogP contribution in [0.4, 0.5) is 0 Å². The second-order valence-corrected chi connectivity index (χ2v) is 5.58. The highest BCUT2D eigenvalue weighted by Crippen LogP contribution is 2.18. The van der Waals surface area contributed by atoms with Crippen LogP contribution in [-0.2, 0) is 4.79 Å². The van der Waals surface area contributed by atoms with Crippen molar-refractivity contribution in [2.75, 3.05) is 0 Å². The molecule has 0 saturated carbocycles. The zero-order chi connectivity index (χ0) is 19.0. The van der Waals surface area contributed by atoms with Gasteiger partial charge in [-0.05, 0) is 44.2 Å². The lowest BCUT2D eigenvalue weighted by Gasteiger charge is -2.06. The fourth-order valence-corrected chi connectivity index (χ4v) is 2.12. The van der Waals surface area contributed by atoms with Crippen LogP contribution in [0.1, 0.15) is 48.9 Å². The molecule has 0 fully saturated rings. The quantitative estimate of drug-likeness (QED) is 0.233. The monoisotopic (exact) mass is 354 g/mol. The first-order valence-corrected chi connectivity index (χ1v) is 8.74. The lowest BCUT2D eigenvalue weighted by atomic mass is 10.2. The number of para-hydroxylation sites is 1. The fourth-order valence-electron chi connectivity index (χ4n) is 2.12. The second kappa shape index (κ2) is 13.4. The number of carboxylic acids is 1. The molecule has 0 heterocycles. The van der Waals surface area contributed by atoms with E-state index in [4.69, 9.17) is 9.84 Å². The van der Waals surface area contributed by atoms with Crippen molar-refractivity contribution in [3.8, 4) is 5.75 Å². The molecule has 0 amide bonds. The van der Waals surface area contributed by atoms with E-state index in [0.29, 0.717) is 6.42 Å². The van der Waals surface area contributed by atoms with Gasteiger partial charge in [0.25, 0.3) is 0 Å². The molecular weight excluding hydrogens is 328 g/mol. The smallest absolute Gasteiger partial charge is 0.339 e. The number of benzene rings is 1. The van der Waals surface area contributed by atoms with E-state index in [1.54, 1.807) is 12.1 Å². The zero-order valence-electron chi connectivity index (χ0n) is 15.0. The molecule has 0 saturated heterocycles. The summed E-state index contributed by atoms with van der Waals surface area (Å²) < 4.78 is 5.14.